The fourth-order valence-electron chi connectivity index (χ4n) is 8.41. The van der Waals surface area contributed by atoms with E-state index in [1.165, 1.54) is 96.3 Å². The molecule has 246 valence electrons. The number of fused-ring (bicyclic) bond motifs is 5. The van der Waals surface area contributed by atoms with Gasteiger partial charge >= 0.3 is 0 Å². The standard InChI is InChI=1S/C36H62N2O5/c39-32(28-15-9-5-3-1-2-4-6-10-16-28)20-23-42-25-26-43-24-21-33(40)37-22-14-13-19-31-36(41)34-29-17-11-7-8-12-18-30(27-29)35(34)38-31/h28-31,34-35,38H,1-27H2,(H,37,40). The van der Waals surface area contributed by atoms with Crippen LogP contribution in [0, 0.1) is 23.7 Å². The Labute approximate surface area is 261 Å². The highest BCUT2D eigenvalue weighted by Gasteiger charge is 2.52. The first-order chi connectivity index (χ1) is 21.1. The number of amides is 1. The molecule has 0 aromatic rings. The molecule has 0 aromatic heterocycles. The summed E-state index contributed by atoms with van der Waals surface area (Å²) in [7, 11) is 0. The van der Waals surface area contributed by atoms with Crippen LogP contribution in [0.25, 0.3) is 0 Å². The summed E-state index contributed by atoms with van der Waals surface area (Å²) in [5.41, 5.74) is 0. The van der Waals surface area contributed by atoms with Crippen LogP contribution in [0.4, 0.5) is 0 Å². The van der Waals surface area contributed by atoms with E-state index in [0.29, 0.717) is 75.3 Å². The minimum atomic E-state index is 0.00808. The fourth-order valence-corrected chi connectivity index (χ4v) is 8.41. The van der Waals surface area contributed by atoms with Crippen LogP contribution in [0.5, 0.6) is 0 Å². The Balaban J connectivity index is 0.964. The number of ketones is 2. The first kappa shape index (κ1) is 34.6. The Bertz CT molecular complexity index is 822. The van der Waals surface area contributed by atoms with Crippen LogP contribution < -0.4 is 10.6 Å². The van der Waals surface area contributed by atoms with Crippen LogP contribution in [0.15, 0.2) is 0 Å². The van der Waals surface area contributed by atoms with E-state index in [-0.39, 0.29) is 23.8 Å². The zero-order valence-corrected chi connectivity index (χ0v) is 27.1. The Hall–Kier alpha value is -1.31. The number of carbonyl (C=O) groups is 3. The molecule has 5 atom stereocenters. The summed E-state index contributed by atoms with van der Waals surface area (Å²) in [6.07, 6.45) is 25.0. The van der Waals surface area contributed by atoms with Crippen molar-refractivity contribution in [1.82, 2.24) is 10.6 Å². The van der Waals surface area contributed by atoms with E-state index in [4.69, 9.17) is 9.47 Å². The van der Waals surface area contributed by atoms with Gasteiger partial charge in [0.05, 0.1) is 32.5 Å². The zero-order chi connectivity index (χ0) is 30.1. The van der Waals surface area contributed by atoms with Gasteiger partial charge in [-0.3, -0.25) is 14.4 Å². The number of hydrogen-bond donors (Lipinski definition) is 2. The summed E-state index contributed by atoms with van der Waals surface area (Å²) in [6, 6.07) is 0.439. The van der Waals surface area contributed by atoms with Crippen LogP contribution in [-0.4, -0.2) is 62.5 Å². The van der Waals surface area contributed by atoms with Gasteiger partial charge in [-0.2, -0.15) is 0 Å². The van der Waals surface area contributed by atoms with Gasteiger partial charge in [0.2, 0.25) is 5.91 Å². The molecule has 3 aliphatic carbocycles. The first-order valence-corrected chi connectivity index (χ1v) is 18.4. The Morgan fingerprint density at radius 3 is 1.95 bits per heavy atom. The molecule has 43 heavy (non-hydrogen) atoms. The lowest BCUT2D eigenvalue weighted by molar-refractivity contribution is -0.125. The van der Waals surface area contributed by atoms with E-state index in [1.807, 2.05) is 0 Å². The highest BCUT2D eigenvalue weighted by molar-refractivity contribution is 5.90. The van der Waals surface area contributed by atoms with Crippen molar-refractivity contribution in [3.63, 3.8) is 0 Å². The number of Topliss-reactive ketones (excluding diaryl/α,β-unsaturated/α-hetero) is 2. The highest BCUT2D eigenvalue weighted by Crippen LogP contribution is 2.47. The molecule has 1 amide bonds. The monoisotopic (exact) mass is 602 g/mol. The van der Waals surface area contributed by atoms with Crippen molar-refractivity contribution in [2.45, 2.75) is 153 Å². The van der Waals surface area contributed by atoms with Gasteiger partial charge in [0.1, 0.15) is 5.78 Å². The van der Waals surface area contributed by atoms with Crippen molar-refractivity contribution in [3.8, 4) is 0 Å². The minimum Gasteiger partial charge on any atom is -0.379 e. The molecule has 3 saturated carbocycles. The average molecular weight is 603 g/mol. The van der Waals surface area contributed by atoms with Crippen LogP contribution in [0.3, 0.4) is 0 Å². The Kier molecular flexibility index (Phi) is 16.0. The van der Waals surface area contributed by atoms with Gasteiger partial charge in [0, 0.05) is 37.3 Å². The largest absolute Gasteiger partial charge is 0.379 e. The Morgan fingerprint density at radius 1 is 0.698 bits per heavy atom. The molecule has 0 radical (unpaired) electrons. The van der Waals surface area contributed by atoms with Crippen molar-refractivity contribution < 1.29 is 23.9 Å². The van der Waals surface area contributed by atoms with Gasteiger partial charge in [-0.15, -0.1) is 0 Å². The highest BCUT2D eigenvalue weighted by atomic mass is 16.5. The van der Waals surface area contributed by atoms with E-state index in [1.54, 1.807) is 0 Å². The van der Waals surface area contributed by atoms with E-state index in [0.717, 1.165) is 32.1 Å². The number of nitrogens with one attached hydrogen (secondary N) is 2. The van der Waals surface area contributed by atoms with Gasteiger partial charge in [0.15, 0.2) is 5.78 Å². The van der Waals surface area contributed by atoms with Gasteiger partial charge in [0.25, 0.3) is 0 Å². The SMILES string of the molecule is O=C(CCOCCOCCC(=O)C1CCCCCCCCCC1)NCCCCC1NC2C3CCCCCCC(C3)C2C1=O. The number of rotatable bonds is 15. The first-order valence-electron chi connectivity index (χ1n) is 18.4. The molecule has 7 nitrogen and oxygen atoms in total. The maximum atomic E-state index is 13.2. The summed E-state index contributed by atoms with van der Waals surface area (Å²) >= 11 is 0. The maximum Gasteiger partial charge on any atom is 0.222 e. The van der Waals surface area contributed by atoms with Crippen LogP contribution in [-0.2, 0) is 23.9 Å². The number of hydrogen-bond acceptors (Lipinski definition) is 6. The maximum absolute atomic E-state index is 13.2. The van der Waals surface area contributed by atoms with E-state index < -0.39 is 0 Å². The van der Waals surface area contributed by atoms with Crippen LogP contribution in [0.1, 0.15) is 141 Å². The average Bonchev–Trinajstić information content (AvgIpc) is 3.53. The van der Waals surface area contributed by atoms with E-state index >= 15 is 0 Å². The molecule has 1 aliphatic heterocycles. The Morgan fingerprint density at radius 2 is 1.28 bits per heavy atom. The van der Waals surface area contributed by atoms with E-state index in [2.05, 4.69) is 10.6 Å². The van der Waals surface area contributed by atoms with Crippen molar-refractivity contribution in [1.29, 1.82) is 0 Å². The van der Waals surface area contributed by atoms with Crippen LogP contribution >= 0.6 is 0 Å². The summed E-state index contributed by atoms with van der Waals surface area (Å²) in [5, 5.41) is 6.75. The molecule has 1 saturated heterocycles. The van der Waals surface area contributed by atoms with Crippen molar-refractivity contribution in [2.24, 2.45) is 23.7 Å². The molecule has 4 fully saturated rings. The second-order valence-corrected chi connectivity index (χ2v) is 14.1. The third-order valence-corrected chi connectivity index (χ3v) is 10.9. The normalized spacial score (nSPS) is 29.2. The lowest BCUT2D eigenvalue weighted by Gasteiger charge is -2.20. The molecule has 5 unspecified atom stereocenters. The summed E-state index contributed by atoms with van der Waals surface area (Å²) < 4.78 is 11.2. The third kappa shape index (κ3) is 11.9. The quantitative estimate of drug-likeness (QED) is 0.203. The third-order valence-electron chi connectivity index (χ3n) is 10.9. The van der Waals surface area contributed by atoms with Gasteiger partial charge in [-0.1, -0.05) is 77.0 Å². The second-order valence-electron chi connectivity index (χ2n) is 14.1. The molecule has 4 aliphatic rings. The van der Waals surface area contributed by atoms with Gasteiger partial charge < -0.3 is 20.1 Å². The molecule has 0 spiro atoms. The number of ether oxygens (including phenoxy) is 2. The number of unbranched alkanes of at least 4 members (excludes halogenated alkanes) is 1. The van der Waals surface area contributed by atoms with Crippen molar-refractivity contribution in [2.75, 3.05) is 33.0 Å². The topological polar surface area (TPSA) is 93.7 Å². The molecule has 4 rings (SSSR count). The van der Waals surface area contributed by atoms with Crippen LogP contribution in [0.2, 0.25) is 0 Å². The molecule has 0 aromatic carbocycles. The molecular weight excluding hydrogens is 540 g/mol. The summed E-state index contributed by atoms with van der Waals surface area (Å²) in [5.74, 6) is 2.63. The smallest absolute Gasteiger partial charge is 0.222 e. The van der Waals surface area contributed by atoms with Gasteiger partial charge in [-0.25, -0.2) is 0 Å². The lowest BCUT2D eigenvalue weighted by Crippen LogP contribution is -2.35. The van der Waals surface area contributed by atoms with E-state index in [9.17, 15) is 14.4 Å². The summed E-state index contributed by atoms with van der Waals surface area (Å²) in [6.45, 7) is 2.38. The fraction of sp³-hybridized carbons (Fsp3) is 0.917. The number of carbonyl (C=O) groups excluding carboxylic acids is 3. The molecule has 1 heterocycles. The zero-order valence-electron chi connectivity index (χ0n) is 27.1. The lowest BCUT2D eigenvalue weighted by atomic mass is 9.85. The van der Waals surface area contributed by atoms with Crippen molar-refractivity contribution in [3.05, 3.63) is 0 Å². The van der Waals surface area contributed by atoms with Crippen molar-refractivity contribution >= 4 is 17.5 Å². The summed E-state index contributed by atoms with van der Waals surface area (Å²) in [4.78, 5) is 38.1. The molecule has 7 heteroatoms. The minimum absolute atomic E-state index is 0.00808. The predicted octanol–water partition coefficient (Wildman–Crippen LogP) is 6.70. The molecule has 2 bridgehead atoms. The molecule has 2 N–H and O–H groups in total. The molecular formula is C36H62N2O5. The second kappa shape index (κ2) is 19.9. The van der Waals surface area contributed by atoms with Gasteiger partial charge in [-0.05, 0) is 63.2 Å². The predicted molar refractivity (Wildman–Crippen MR) is 171 cm³/mol.